The van der Waals surface area contributed by atoms with Crippen molar-refractivity contribution in [1.82, 2.24) is 9.97 Å². The summed E-state index contributed by atoms with van der Waals surface area (Å²) in [4.78, 5) is 21.2. The van der Waals surface area contributed by atoms with Crippen molar-refractivity contribution in [1.29, 1.82) is 0 Å². The van der Waals surface area contributed by atoms with Crippen LogP contribution in [-0.2, 0) is 4.79 Å². The van der Waals surface area contributed by atoms with E-state index in [9.17, 15) is 4.79 Å². The van der Waals surface area contributed by atoms with Crippen LogP contribution in [0.4, 0.5) is 5.95 Å². The number of carbonyl (C=O) groups is 1. The fourth-order valence-electron chi connectivity index (χ4n) is 2.56. The molecule has 0 atom stereocenters. The number of benzene rings is 2. The van der Waals surface area contributed by atoms with Gasteiger partial charge in [0.15, 0.2) is 0 Å². The molecule has 2 aromatic carbocycles. The average molecular weight is 331 g/mol. The molecule has 1 N–H and O–H groups in total. The number of nitrogens with one attached hydrogen (secondary N) is 1. The summed E-state index contributed by atoms with van der Waals surface area (Å²) >= 11 is 0. The number of rotatable bonds is 5. The molecule has 4 nitrogen and oxygen atoms in total. The SMILES string of the molecule is CC(C)CC(=O)Nc1nc(-c2ccccc2)cc(-c2ccccc2)n1. The highest BCUT2D eigenvalue weighted by atomic mass is 16.1. The number of carbonyl (C=O) groups excluding carboxylic acids is 1. The van der Waals surface area contributed by atoms with Crippen molar-refractivity contribution in [3.63, 3.8) is 0 Å². The van der Waals surface area contributed by atoms with E-state index < -0.39 is 0 Å². The fraction of sp³-hybridized carbons (Fsp3) is 0.190. The Kier molecular flexibility index (Phi) is 5.19. The number of hydrogen-bond acceptors (Lipinski definition) is 3. The van der Waals surface area contributed by atoms with Gasteiger partial charge in [-0.15, -0.1) is 0 Å². The predicted molar refractivity (Wildman–Crippen MR) is 101 cm³/mol. The van der Waals surface area contributed by atoms with Crippen LogP contribution in [0.2, 0.25) is 0 Å². The van der Waals surface area contributed by atoms with Crippen LogP contribution in [0.15, 0.2) is 66.7 Å². The second-order valence-corrected chi connectivity index (χ2v) is 6.34. The molecule has 0 aliphatic rings. The van der Waals surface area contributed by atoms with Crippen LogP contribution in [0.1, 0.15) is 20.3 Å². The quantitative estimate of drug-likeness (QED) is 0.731. The van der Waals surface area contributed by atoms with E-state index in [0.717, 1.165) is 22.5 Å². The van der Waals surface area contributed by atoms with Crippen molar-refractivity contribution in [2.75, 3.05) is 5.32 Å². The minimum absolute atomic E-state index is 0.0702. The Hall–Kier alpha value is -3.01. The maximum absolute atomic E-state index is 12.1. The standard InChI is InChI=1S/C21H21N3O/c1-15(2)13-20(25)24-21-22-18(16-9-5-3-6-10-16)14-19(23-21)17-11-7-4-8-12-17/h3-12,14-15H,13H2,1-2H3,(H,22,23,24,25). The van der Waals surface area contributed by atoms with E-state index in [2.05, 4.69) is 15.3 Å². The third-order valence-corrected chi connectivity index (χ3v) is 3.71. The molecular formula is C21H21N3O. The highest BCUT2D eigenvalue weighted by molar-refractivity contribution is 5.89. The topological polar surface area (TPSA) is 54.9 Å². The minimum atomic E-state index is -0.0702. The zero-order chi connectivity index (χ0) is 17.6. The van der Waals surface area contributed by atoms with Crippen LogP contribution in [-0.4, -0.2) is 15.9 Å². The Morgan fingerprint density at radius 2 is 1.36 bits per heavy atom. The van der Waals surface area contributed by atoms with Gasteiger partial charge < -0.3 is 0 Å². The number of aromatic nitrogens is 2. The van der Waals surface area contributed by atoms with Crippen molar-refractivity contribution < 1.29 is 4.79 Å². The summed E-state index contributed by atoms with van der Waals surface area (Å²) in [5.41, 5.74) is 3.55. The monoisotopic (exact) mass is 331 g/mol. The normalized spacial score (nSPS) is 10.7. The summed E-state index contributed by atoms with van der Waals surface area (Å²) in [6.45, 7) is 4.02. The van der Waals surface area contributed by atoms with Crippen molar-refractivity contribution in [3.8, 4) is 22.5 Å². The maximum Gasteiger partial charge on any atom is 0.230 e. The van der Waals surface area contributed by atoms with E-state index >= 15 is 0 Å². The molecule has 25 heavy (non-hydrogen) atoms. The van der Waals surface area contributed by atoms with Crippen LogP contribution in [0, 0.1) is 5.92 Å². The summed E-state index contributed by atoms with van der Waals surface area (Å²) in [5.74, 6) is 0.552. The van der Waals surface area contributed by atoms with Gasteiger partial charge >= 0.3 is 0 Å². The fourth-order valence-corrected chi connectivity index (χ4v) is 2.56. The van der Waals surface area contributed by atoms with Crippen molar-refractivity contribution in [2.45, 2.75) is 20.3 Å². The van der Waals surface area contributed by atoms with Crippen LogP contribution in [0.5, 0.6) is 0 Å². The molecule has 0 unspecified atom stereocenters. The summed E-state index contributed by atoms with van der Waals surface area (Å²) in [6, 6.07) is 21.7. The number of amides is 1. The second-order valence-electron chi connectivity index (χ2n) is 6.34. The first-order valence-electron chi connectivity index (χ1n) is 8.41. The van der Waals surface area contributed by atoms with Gasteiger partial charge in [-0.2, -0.15) is 0 Å². The van der Waals surface area contributed by atoms with Crippen molar-refractivity contribution in [3.05, 3.63) is 66.7 Å². The van der Waals surface area contributed by atoms with E-state index in [0.29, 0.717) is 12.4 Å². The van der Waals surface area contributed by atoms with Gasteiger partial charge in [0.2, 0.25) is 11.9 Å². The maximum atomic E-state index is 12.1. The molecule has 0 saturated heterocycles. The molecule has 0 aliphatic carbocycles. The molecule has 126 valence electrons. The lowest BCUT2D eigenvalue weighted by atomic mass is 10.1. The van der Waals surface area contributed by atoms with Crippen LogP contribution < -0.4 is 5.32 Å². The first kappa shape index (κ1) is 16.8. The molecule has 0 fully saturated rings. The highest BCUT2D eigenvalue weighted by Crippen LogP contribution is 2.25. The molecule has 0 aliphatic heterocycles. The second kappa shape index (κ2) is 7.71. The molecular weight excluding hydrogens is 310 g/mol. The highest BCUT2D eigenvalue weighted by Gasteiger charge is 2.11. The lowest BCUT2D eigenvalue weighted by Gasteiger charge is -2.10. The summed E-state index contributed by atoms with van der Waals surface area (Å²) < 4.78 is 0. The van der Waals surface area contributed by atoms with E-state index in [1.807, 2.05) is 80.6 Å². The first-order valence-corrected chi connectivity index (χ1v) is 8.41. The van der Waals surface area contributed by atoms with Gasteiger partial charge in [0.1, 0.15) is 0 Å². The largest absolute Gasteiger partial charge is 0.294 e. The molecule has 1 heterocycles. The molecule has 0 spiro atoms. The Balaban J connectivity index is 2.01. The molecule has 4 heteroatoms. The molecule has 0 radical (unpaired) electrons. The van der Waals surface area contributed by atoms with E-state index in [1.165, 1.54) is 0 Å². The van der Waals surface area contributed by atoms with Gasteiger partial charge in [0.05, 0.1) is 11.4 Å². The lowest BCUT2D eigenvalue weighted by Crippen LogP contribution is -2.16. The van der Waals surface area contributed by atoms with Gasteiger partial charge in [-0.1, -0.05) is 74.5 Å². The zero-order valence-electron chi connectivity index (χ0n) is 14.4. The van der Waals surface area contributed by atoms with Crippen LogP contribution in [0.25, 0.3) is 22.5 Å². The Labute approximate surface area is 148 Å². The van der Waals surface area contributed by atoms with Crippen molar-refractivity contribution in [2.24, 2.45) is 5.92 Å². The molecule has 1 aromatic heterocycles. The lowest BCUT2D eigenvalue weighted by molar-refractivity contribution is -0.116. The average Bonchev–Trinajstić information content (AvgIpc) is 2.62. The Bertz CT molecular complexity index is 788. The predicted octanol–water partition coefficient (Wildman–Crippen LogP) is 4.80. The molecule has 3 rings (SSSR count). The summed E-state index contributed by atoms with van der Waals surface area (Å²) in [7, 11) is 0. The zero-order valence-corrected chi connectivity index (χ0v) is 14.4. The Morgan fingerprint density at radius 1 is 0.880 bits per heavy atom. The molecule has 0 bridgehead atoms. The van der Waals surface area contributed by atoms with Crippen LogP contribution >= 0.6 is 0 Å². The Morgan fingerprint density at radius 3 is 1.80 bits per heavy atom. The number of nitrogens with zero attached hydrogens (tertiary/aromatic N) is 2. The van der Waals surface area contributed by atoms with Crippen molar-refractivity contribution >= 4 is 11.9 Å². The number of hydrogen-bond donors (Lipinski definition) is 1. The number of anilines is 1. The minimum Gasteiger partial charge on any atom is -0.294 e. The molecule has 1 amide bonds. The van der Waals surface area contributed by atoms with Gasteiger partial charge in [-0.25, -0.2) is 9.97 Å². The van der Waals surface area contributed by atoms with E-state index in [1.54, 1.807) is 0 Å². The van der Waals surface area contributed by atoms with Gasteiger partial charge in [0, 0.05) is 17.5 Å². The first-order chi connectivity index (χ1) is 12.1. The van der Waals surface area contributed by atoms with Gasteiger partial charge in [-0.3, -0.25) is 10.1 Å². The molecule has 3 aromatic rings. The smallest absolute Gasteiger partial charge is 0.230 e. The van der Waals surface area contributed by atoms with E-state index in [4.69, 9.17) is 0 Å². The van der Waals surface area contributed by atoms with Gasteiger partial charge in [-0.05, 0) is 12.0 Å². The summed E-state index contributed by atoms with van der Waals surface area (Å²) in [6.07, 6.45) is 0.444. The third kappa shape index (κ3) is 4.51. The summed E-state index contributed by atoms with van der Waals surface area (Å²) in [5, 5.41) is 2.83. The third-order valence-electron chi connectivity index (χ3n) is 3.71. The van der Waals surface area contributed by atoms with Gasteiger partial charge in [0.25, 0.3) is 0 Å². The molecule has 0 saturated carbocycles. The van der Waals surface area contributed by atoms with E-state index in [-0.39, 0.29) is 11.8 Å². The van der Waals surface area contributed by atoms with Crippen LogP contribution in [0.3, 0.4) is 0 Å².